The molecule has 2 aromatic heterocycles. The van der Waals surface area contributed by atoms with Crippen LogP contribution in [0.4, 0.5) is 0 Å². The zero-order chi connectivity index (χ0) is 19.3. The molecule has 0 atom stereocenters. The van der Waals surface area contributed by atoms with E-state index in [1.54, 1.807) is 18.9 Å². The molecule has 4 rings (SSSR count). The van der Waals surface area contributed by atoms with Crippen molar-refractivity contribution in [3.05, 3.63) is 47.9 Å². The molecule has 1 aliphatic rings. The average molecular weight is 398 g/mol. The fraction of sp³-hybridized carbons (Fsp3) is 0.476. The first-order chi connectivity index (χ1) is 13.8. The van der Waals surface area contributed by atoms with Gasteiger partial charge in [0.1, 0.15) is 5.82 Å². The van der Waals surface area contributed by atoms with Gasteiger partial charge in [0.2, 0.25) is 0 Å². The van der Waals surface area contributed by atoms with E-state index in [9.17, 15) is 0 Å². The van der Waals surface area contributed by atoms with E-state index in [0.29, 0.717) is 5.92 Å². The molecule has 0 bridgehead atoms. The smallest absolute Gasteiger partial charge is 0.191 e. The van der Waals surface area contributed by atoms with Crippen LogP contribution >= 0.6 is 11.8 Å². The Bertz CT molecular complexity index is 915. The molecule has 1 saturated heterocycles. The van der Waals surface area contributed by atoms with E-state index >= 15 is 0 Å². The Labute approximate surface area is 170 Å². The fourth-order valence-corrected chi connectivity index (χ4v) is 4.73. The zero-order valence-corrected chi connectivity index (χ0v) is 17.4. The number of nitrogens with zero attached hydrogens (tertiary/aromatic N) is 5. The number of rotatable bonds is 7. The van der Waals surface area contributed by atoms with Crippen LogP contribution in [0.25, 0.3) is 10.9 Å². The number of thioether (sulfide) groups is 1. The first-order valence-electron chi connectivity index (χ1n) is 9.82. The number of hydrogen-bond acceptors (Lipinski definition) is 6. The van der Waals surface area contributed by atoms with Gasteiger partial charge >= 0.3 is 0 Å². The van der Waals surface area contributed by atoms with Crippen molar-refractivity contribution in [3.8, 4) is 0 Å². The zero-order valence-electron chi connectivity index (χ0n) is 16.5. The van der Waals surface area contributed by atoms with Gasteiger partial charge in [0.05, 0.1) is 12.1 Å². The first-order valence-corrected chi connectivity index (χ1v) is 10.8. The van der Waals surface area contributed by atoms with Gasteiger partial charge in [-0.05, 0) is 43.6 Å². The summed E-state index contributed by atoms with van der Waals surface area (Å²) in [5, 5.41) is 11.1. The highest BCUT2D eigenvalue weighted by Crippen LogP contribution is 2.30. The number of para-hydroxylation sites is 1. The van der Waals surface area contributed by atoms with Gasteiger partial charge < -0.3 is 9.30 Å². The molecular weight excluding hydrogens is 370 g/mol. The Kier molecular flexibility index (Phi) is 6.24. The molecule has 0 amide bonds. The van der Waals surface area contributed by atoms with Crippen LogP contribution in [0.2, 0.25) is 0 Å². The maximum absolute atomic E-state index is 5.13. The van der Waals surface area contributed by atoms with E-state index in [1.165, 1.54) is 10.9 Å². The Morgan fingerprint density at radius 1 is 1.14 bits per heavy atom. The molecule has 0 N–H and O–H groups in total. The number of fused-ring (bicyclic) bond motifs is 1. The monoisotopic (exact) mass is 397 g/mol. The second-order valence-corrected chi connectivity index (χ2v) is 8.34. The van der Waals surface area contributed by atoms with Crippen LogP contribution in [0.3, 0.4) is 0 Å². The Morgan fingerprint density at radius 3 is 2.79 bits per heavy atom. The maximum atomic E-state index is 5.13. The summed E-state index contributed by atoms with van der Waals surface area (Å²) in [7, 11) is 3.81. The molecule has 0 spiro atoms. The summed E-state index contributed by atoms with van der Waals surface area (Å²) >= 11 is 1.71. The normalized spacial score (nSPS) is 16.1. The minimum absolute atomic E-state index is 0.486. The van der Waals surface area contributed by atoms with E-state index in [2.05, 4.69) is 56.0 Å². The third-order valence-electron chi connectivity index (χ3n) is 5.47. The lowest BCUT2D eigenvalue weighted by Gasteiger charge is -2.31. The van der Waals surface area contributed by atoms with Crippen LogP contribution in [0, 0.1) is 0 Å². The number of pyridine rings is 1. The van der Waals surface area contributed by atoms with Gasteiger partial charge in [-0.15, -0.1) is 10.2 Å². The van der Waals surface area contributed by atoms with Crippen molar-refractivity contribution in [2.75, 3.05) is 32.6 Å². The molecule has 6 nitrogen and oxygen atoms in total. The minimum Gasteiger partial charge on any atom is -0.384 e. The minimum atomic E-state index is 0.486. The summed E-state index contributed by atoms with van der Waals surface area (Å²) in [6.07, 6.45) is 4.17. The van der Waals surface area contributed by atoms with Crippen molar-refractivity contribution in [2.24, 2.45) is 7.05 Å². The van der Waals surface area contributed by atoms with Crippen LogP contribution in [0.1, 0.15) is 30.1 Å². The molecule has 0 aliphatic carbocycles. The summed E-state index contributed by atoms with van der Waals surface area (Å²) in [5.41, 5.74) is 2.44. The molecule has 1 aromatic carbocycles. The highest BCUT2D eigenvalue weighted by atomic mass is 32.2. The van der Waals surface area contributed by atoms with Crippen molar-refractivity contribution in [3.63, 3.8) is 0 Å². The van der Waals surface area contributed by atoms with E-state index in [1.807, 2.05) is 12.3 Å². The Hall–Kier alpha value is -1.96. The lowest BCUT2D eigenvalue weighted by atomic mass is 9.95. The van der Waals surface area contributed by atoms with Crippen LogP contribution in [-0.2, 0) is 18.3 Å². The van der Waals surface area contributed by atoms with Crippen LogP contribution in [0.5, 0.6) is 0 Å². The van der Waals surface area contributed by atoms with Gasteiger partial charge in [-0.2, -0.15) is 0 Å². The maximum Gasteiger partial charge on any atom is 0.191 e. The highest BCUT2D eigenvalue weighted by Gasteiger charge is 2.25. The van der Waals surface area contributed by atoms with E-state index in [-0.39, 0.29) is 0 Å². The van der Waals surface area contributed by atoms with Crippen molar-refractivity contribution in [1.82, 2.24) is 24.6 Å². The number of likely N-dealkylation sites (tertiary alicyclic amines) is 1. The summed E-state index contributed by atoms with van der Waals surface area (Å²) < 4.78 is 7.29. The number of hydrogen-bond donors (Lipinski definition) is 0. The molecule has 1 aliphatic heterocycles. The summed E-state index contributed by atoms with van der Waals surface area (Å²) in [6, 6.07) is 10.6. The van der Waals surface area contributed by atoms with Crippen LogP contribution < -0.4 is 0 Å². The predicted molar refractivity (Wildman–Crippen MR) is 113 cm³/mol. The second-order valence-electron chi connectivity index (χ2n) is 7.28. The summed E-state index contributed by atoms with van der Waals surface area (Å²) in [6.45, 7) is 3.88. The molecule has 0 radical (unpaired) electrons. The molecule has 7 heteroatoms. The number of methoxy groups -OCH3 is 1. The third-order valence-corrected chi connectivity index (χ3v) is 6.46. The number of benzene rings is 1. The van der Waals surface area contributed by atoms with Crippen molar-refractivity contribution in [2.45, 2.75) is 30.5 Å². The van der Waals surface area contributed by atoms with Crippen LogP contribution in [0.15, 0.2) is 41.7 Å². The molecule has 148 valence electrons. The third kappa shape index (κ3) is 4.21. The lowest BCUT2D eigenvalue weighted by Crippen LogP contribution is -2.33. The SMILES string of the molecule is COCCSc1nnc(C2CCN(Cc3ccnc4ccccc34)CC2)n1C. The van der Waals surface area contributed by atoms with Crippen molar-refractivity contribution >= 4 is 22.7 Å². The molecule has 1 fully saturated rings. The van der Waals surface area contributed by atoms with E-state index in [4.69, 9.17) is 4.74 Å². The topological polar surface area (TPSA) is 56.1 Å². The quantitative estimate of drug-likeness (QED) is 0.449. The van der Waals surface area contributed by atoms with Gasteiger partial charge in [0.25, 0.3) is 0 Å². The molecule has 0 saturated carbocycles. The second kappa shape index (κ2) is 9.03. The average Bonchev–Trinajstić information content (AvgIpc) is 3.10. The summed E-state index contributed by atoms with van der Waals surface area (Å²) in [4.78, 5) is 7.02. The van der Waals surface area contributed by atoms with Crippen molar-refractivity contribution in [1.29, 1.82) is 0 Å². The van der Waals surface area contributed by atoms with Gasteiger partial charge in [-0.1, -0.05) is 30.0 Å². The van der Waals surface area contributed by atoms with E-state index in [0.717, 1.165) is 61.3 Å². The first kappa shape index (κ1) is 19.4. The molecule has 3 aromatic rings. The fourth-order valence-electron chi connectivity index (χ4n) is 3.91. The van der Waals surface area contributed by atoms with Crippen molar-refractivity contribution < 1.29 is 4.74 Å². The Balaban J connectivity index is 1.37. The lowest BCUT2D eigenvalue weighted by molar-refractivity contribution is 0.201. The number of piperidine rings is 1. The largest absolute Gasteiger partial charge is 0.384 e. The predicted octanol–water partition coefficient (Wildman–Crippen LogP) is 3.48. The van der Waals surface area contributed by atoms with Gasteiger partial charge in [-0.3, -0.25) is 9.88 Å². The molecule has 3 heterocycles. The standard InChI is InChI=1S/C21H27N5OS/c1-25-20(23-24-21(25)28-14-13-27-2)16-8-11-26(12-9-16)15-17-7-10-22-19-6-4-3-5-18(17)19/h3-7,10,16H,8-9,11-15H2,1-2H3. The van der Waals surface area contributed by atoms with Gasteiger partial charge in [0.15, 0.2) is 5.16 Å². The summed E-state index contributed by atoms with van der Waals surface area (Å²) in [5.74, 6) is 2.51. The molecule has 0 unspecified atom stereocenters. The highest BCUT2D eigenvalue weighted by molar-refractivity contribution is 7.99. The van der Waals surface area contributed by atoms with Crippen LogP contribution in [-0.4, -0.2) is 57.2 Å². The number of aromatic nitrogens is 4. The van der Waals surface area contributed by atoms with Gasteiger partial charge in [0, 0.05) is 44.0 Å². The van der Waals surface area contributed by atoms with E-state index < -0.39 is 0 Å². The van der Waals surface area contributed by atoms with Gasteiger partial charge in [-0.25, -0.2) is 0 Å². The molecule has 28 heavy (non-hydrogen) atoms. The molecular formula is C21H27N5OS. The Morgan fingerprint density at radius 2 is 1.96 bits per heavy atom. The number of ether oxygens (including phenoxy) is 1.